The summed E-state index contributed by atoms with van der Waals surface area (Å²) in [5, 5.41) is 4.87. The Balaban J connectivity index is 2.19. The van der Waals surface area contributed by atoms with Crippen LogP contribution in [-0.2, 0) is 0 Å². The summed E-state index contributed by atoms with van der Waals surface area (Å²) in [5.41, 5.74) is 0. The Morgan fingerprint density at radius 2 is 2.20 bits per heavy atom. The third-order valence-corrected chi connectivity index (χ3v) is 3.14. The van der Waals surface area contributed by atoms with Crippen LogP contribution in [-0.4, -0.2) is 36.8 Å². The predicted octanol–water partition coefficient (Wildman–Crippen LogP) is 2.30. The number of piperidine rings is 1. The summed E-state index contributed by atoms with van der Waals surface area (Å²) >= 11 is 1.64. The highest BCUT2D eigenvalue weighted by molar-refractivity contribution is 8.01. The van der Waals surface area contributed by atoms with Crippen molar-refractivity contribution in [1.29, 1.82) is 0 Å². The molecule has 86 valence electrons. The lowest BCUT2D eigenvalue weighted by molar-refractivity contribution is 0.175. The van der Waals surface area contributed by atoms with Crippen molar-refractivity contribution >= 4 is 17.8 Å². The van der Waals surface area contributed by atoms with Crippen LogP contribution in [0.4, 0.5) is 4.79 Å². The van der Waals surface area contributed by atoms with E-state index in [0.717, 1.165) is 31.8 Å². The van der Waals surface area contributed by atoms with Gasteiger partial charge in [-0.3, -0.25) is 0 Å². The molecule has 1 rings (SSSR count). The SMILES string of the molecule is CS/C=C/CNC(=O)N1CCC(C)CC1. The second-order valence-electron chi connectivity index (χ2n) is 3.96. The first kappa shape index (κ1) is 12.4. The number of nitrogens with one attached hydrogen (secondary N) is 1. The Bertz CT molecular complexity index is 223. The van der Waals surface area contributed by atoms with Gasteiger partial charge in [-0.15, -0.1) is 11.8 Å². The van der Waals surface area contributed by atoms with Crippen molar-refractivity contribution in [3.63, 3.8) is 0 Å². The van der Waals surface area contributed by atoms with Gasteiger partial charge < -0.3 is 10.2 Å². The highest BCUT2D eigenvalue weighted by atomic mass is 32.2. The molecule has 2 amide bonds. The topological polar surface area (TPSA) is 32.3 Å². The molecular weight excluding hydrogens is 208 g/mol. The average Bonchev–Trinajstić information content (AvgIpc) is 2.25. The molecule has 0 radical (unpaired) electrons. The molecular formula is C11H20N2OS. The van der Waals surface area contributed by atoms with Crippen molar-refractivity contribution in [3.05, 3.63) is 11.5 Å². The number of hydrogen-bond acceptors (Lipinski definition) is 2. The van der Waals surface area contributed by atoms with Gasteiger partial charge in [0.1, 0.15) is 0 Å². The minimum atomic E-state index is 0.0765. The maximum atomic E-state index is 11.6. The minimum absolute atomic E-state index is 0.0765. The molecule has 0 spiro atoms. The van der Waals surface area contributed by atoms with E-state index in [1.807, 2.05) is 22.6 Å². The lowest BCUT2D eigenvalue weighted by Crippen LogP contribution is -2.44. The van der Waals surface area contributed by atoms with Gasteiger partial charge in [0.25, 0.3) is 0 Å². The Hall–Kier alpha value is -0.640. The normalized spacial score (nSPS) is 18.4. The molecule has 0 aliphatic carbocycles. The first-order valence-electron chi connectivity index (χ1n) is 5.44. The molecule has 0 saturated carbocycles. The molecule has 0 aromatic carbocycles. The summed E-state index contributed by atoms with van der Waals surface area (Å²) in [6.45, 7) is 4.68. The number of likely N-dealkylation sites (tertiary alicyclic amines) is 1. The van der Waals surface area contributed by atoms with Gasteiger partial charge in [-0.1, -0.05) is 13.0 Å². The molecule has 1 heterocycles. The van der Waals surface area contributed by atoms with Crippen LogP contribution in [0, 0.1) is 5.92 Å². The van der Waals surface area contributed by atoms with Crippen LogP contribution >= 0.6 is 11.8 Å². The van der Waals surface area contributed by atoms with Crippen LogP contribution in [0.2, 0.25) is 0 Å². The number of nitrogens with zero attached hydrogens (tertiary/aromatic N) is 1. The van der Waals surface area contributed by atoms with Crippen molar-refractivity contribution in [2.24, 2.45) is 5.92 Å². The Morgan fingerprint density at radius 1 is 1.53 bits per heavy atom. The zero-order valence-corrected chi connectivity index (χ0v) is 10.3. The fourth-order valence-corrected chi connectivity index (χ4v) is 1.90. The lowest BCUT2D eigenvalue weighted by Gasteiger charge is -2.30. The van der Waals surface area contributed by atoms with Crippen molar-refractivity contribution in [2.75, 3.05) is 25.9 Å². The summed E-state index contributed by atoms with van der Waals surface area (Å²) in [6, 6.07) is 0.0765. The summed E-state index contributed by atoms with van der Waals surface area (Å²) in [4.78, 5) is 13.6. The van der Waals surface area contributed by atoms with Crippen molar-refractivity contribution < 1.29 is 4.79 Å². The van der Waals surface area contributed by atoms with E-state index in [-0.39, 0.29) is 6.03 Å². The molecule has 0 unspecified atom stereocenters. The van der Waals surface area contributed by atoms with Gasteiger partial charge in [0.2, 0.25) is 0 Å². The van der Waals surface area contributed by atoms with Crippen molar-refractivity contribution in [1.82, 2.24) is 10.2 Å². The third kappa shape index (κ3) is 4.60. The monoisotopic (exact) mass is 228 g/mol. The highest BCUT2D eigenvalue weighted by Gasteiger charge is 2.19. The molecule has 1 aliphatic rings. The number of hydrogen-bond donors (Lipinski definition) is 1. The molecule has 3 nitrogen and oxygen atoms in total. The summed E-state index contributed by atoms with van der Waals surface area (Å²) < 4.78 is 0. The summed E-state index contributed by atoms with van der Waals surface area (Å²) in [5.74, 6) is 0.769. The van der Waals surface area contributed by atoms with Crippen molar-refractivity contribution in [2.45, 2.75) is 19.8 Å². The number of carbonyl (C=O) groups excluding carboxylic acids is 1. The second-order valence-corrected chi connectivity index (χ2v) is 4.71. The quantitative estimate of drug-likeness (QED) is 0.804. The summed E-state index contributed by atoms with van der Waals surface area (Å²) in [6.07, 6.45) is 6.24. The van der Waals surface area contributed by atoms with Gasteiger partial charge in [0, 0.05) is 19.6 Å². The van der Waals surface area contributed by atoms with Crippen LogP contribution in [0.3, 0.4) is 0 Å². The van der Waals surface area contributed by atoms with E-state index in [2.05, 4.69) is 12.2 Å². The van der Waals surface area contributed by atoms with Crippen LogP contribution in [0.25, 0.3) is 0 Å². The zero-order chi connectivity index (χ0) is 11.1. The van der Waals surface area contributed by atoms with Gasteiger partial charge in [0.05, 0.1) is 0 Å². The molecule has 0 atom stereocenters. The van der Waals surface area contributed by atoms with E-state index in [1.165, 1.54) is 0 Å². The molecule has 1 fully saturated rings. The van der Waals surface area contributed by atoms with Gasteiger partial charge >= 0.3 is 6.03 Å². The molecule has 1 aliphatic heterocycles. The molecule has 1 saturated heterocycles. The number of amides is 2. The van der Waals surface area contributed by atoms with E-state index in [4.69, 9.17) is 0 Å². The molecule has 0 aromatic heterocycles. The standard InChI is InChI=1S/C11H20N2OS/c1-10-4-7-13(8-5-10)11(14)12-6-3-9-15-2/h3,9-10H,4-8H2,1-2H3,(H,12,14)/b9-3+. The predicted molar refractivity (Wildman–Crippen MR) is 66.0 cm³/mol. The molecule has 0 aromatic rings. The van der Waals surface area contributed by atoms with Crippen LogP contribution in [0.5, 0.6) is 0 Å². The van der Waals surface area contributed by atoms with Gasteiger partial charge in [-0.2, -0.15) is 0 Å². The van der Waals surface area contributed by atoms with E-state index >= 15 is 0 Å². The smallest absolute Gasteiger partial charge is 0.317 e. The van der Waals surface area contributed by atoms with Gasteiger partial charge in [-0.05, 0) is 30.4 Å². The lowest BCUT2D eigenvalue weighted by atomic mass is 10.00. The molecule has 0 bridgehead atoms. The van der Waals surface area contributed by atoms with E-state index in [0.29, 0.717) is 6.54 Å². The Morgan fingerprint density at radius 3 is 2.80 bits per heavy atom. The maximum Gasteiger partial charge on any atom is 0.317 e. The number of rotatable bonds is 3. The van der Waals surface area contributed by atoms with E-state index in [1.54, 1.807) is 11.8 Å². The van der Waals surface area contributed by atoms with Crippen LogP contribution in [0.1, 0.15) is 19.8 Å². The summed E-state index contributed by atoms with van der Waals surface area (Å²) in [7, 11) is 0. The third-order valence-electron chi connectivity index (χ3n) is 2.67. The van der Waals surface area contributed by atoms with Crippen molar-refractivity contribution in [3.8, 4) is 0 Å². The maximum absolute atomic E-state index is 11.6. The Kier molecular flexibility index (Phi) is 5.61. The average molecular weight is 228 g/mol. The van der Waals surface area contributed by atoms with E-state index in [9.17, 15) is 4.79 Å². The fourth-order valence-electron chi connectivity index (χ4n) is 1.61. The van der Waals surface area contributed by atoms with Crippen LogP contribution < -0.4 is 5.32 Å². The Labute approximate surface area is 96.3 Å². The van der Waals surface area contributed by atoms with Crippen LogP contribution in [0.15, 0.2) is 11.5 Å². The first-order chi connectivity index (χ1) is 7.24. The number of urea groups is 1. The first-order valence-corrected chi connectivity index (χ1v) is 6.73. The molecule has 1 N–H and O–H groups in total. The largest absolute Gasteiger partial charge is 0.334 e. The number of thioether (sulfide) groups is 1. The fraction of sp³-hybridized carbons (Fsp3) is 0.727. The highest BCUT2D eigenvalue weighted by Crippen LogP contribution is 2.15. The van der Waals surface area contributed by atoms with E-state index < -0.39 is 0 Å². The van der Waals surface area contributed by atoms with Gasteiger partial charge in [-0.25, -0.2) is 4.79 Å². The molecule has 4 heteroatoms. The zero-order valence-electron chi connectivity index (χ0n) is 9.53. The molecule has 15 heavy (non-hydrogen) atoms. The van der Waals surface area contributed by atoms with Gasteiger partial charge in [0.15, 0.2) is 0 Å². The minimum Gasteiger partial charge on any atom is -0.334 e. The number of carbonyl (C=O) groups is 1. The second kappa shape index (κ2) is 6.77.